The number of hydrogen-bond acceptors (Lipinski definition) is 6. The van der Waals surface area contributed by atoms with E-state index in [0.717, 1.165) is 18.6 Å². The van der Waals surface area contributed by atoms with Gasteiger partial charge in [0.1, 0.15) is 37.9 Å². The van der Waals surface area contributed by atoms with E-state index >= 15 is 0 Å². The molecule has 0 aliphatic rings. The van der Waals surface area contributed by atoms with Gasteiger partial charge in [-0.25, -0.2) is 9.59 Å². The summed E-state index contributed by atoms with van der Waals surface area (Å²) in [5.41, 5.74) is 1.08. The Morgan fingerprint density at radius 2 is 1.45 bits per heavy atom. The van der Waals surface area contributed by atoms with Gasteiger partial charge in [-0.1, -0.05) is 45.2 Å². The maximum absolute atomic E-state index is 11.0. The Morgan fingerprint density at radius 3 is 2.00 bits per heavy atom. The van der Waals surface area contributed by atoms with Crippen LogP contribution < -0.4 is 4.74 Å². The molecule has 168 valence electrons. The van der Waals surface area contributed by atoms with Crippen LogP contribution in [-0.2, 0) is 29.2 Å². The Labute approximate surface area is 184 Å². The monoisotopic (exact) mass is 428 g/mol. The summed E-state index contributed by atoms with van der Waals surface area (Å²) in [5, 5.41) is 0. The minimum Gasteiger partial charge on any atom is -0.490 e. The number of ether oxygens (including phenoxy) is 4. The molecule has 0 saturated carbocycles. The van der Waals surface area contributed by atoms with E-state index in [-0.39, 0.29) is 31.8 Å². The van der Waals surface area contributed by atoms with Gasteiger partial charge in [0.2, 0.25) is 0 Å². The molecule has 0 spiro atoms. The van der Waals surface area contributed by atoms with Crippen molar-refractivity contribution in [3.05, 3.63) is 79.1 Å². The predicted octanol–water partition coefficient (Wildman–Crippen LogP) is 4.67. The van der Waals surface area contributed by atoms with E-state index in [0.29, 0.717) is 11.5 Å². The standard InChI is InChI=1S/C25H32O6/c1-6-21(28-16-18-30-23(26)7-2)10-9-15-25(4,5)20-11-13-22(14-12-20)29-17-19-31-24(27)8-3/h6-14H,2-3,15-19H2,1,4-5H3. The fourth-order valence-electron chi connectivity index (χ4n) is 2.54. The molecule has 0 atom stereocenters. The van der Waals surface area contributed by atoms with Gasteiger partial charge in [0.15, 0.2) is 0 Å². The highest BCUT2D eigenvalue weighted by atomic mass is 16.6. The molecule has 31 heavy (non-hydrogen) atoms. The van der Waals surface area contributed by atoms with E-state index in [1.54, 1.807) is 0 Å². The molecule has 0 aliphatic heterocycles. The van der Waals surface area contributed by atoms with Crippen LogP contribution in [-0.4, -0.2) is 38.4 Å². The zero-order chi connectivity index (χ0) is 23.1. The minimum atomic E-state index is -0.463. The first-order chi connectivity index (χ1) is 14.8. The average molecular weight is 429 g/mol. The van der Waals surface area contributed by atoms with Crippen molar-refractivity contribution in [2.45, 2.75) is 32.6 Å². The molecule has 0 bridgehead atoms. The van der Waals surface area contributed by atoms with Crippen molar-refractivity contribution >= 4 is 11.9 Å². The van der Waals surface area contributed by atoms with Crippen LogP contribution in [0.3, 0.4) is 0 Å². The van der Waals surface area contributed by atoms with Crippen LogP contribution in [0.2, 0.25) is 0 Å². The molecule has 0 heterocycles. The Balaban J connectivity index is 2.49. The Kier molecular flexibility index (Phi) is 11.5. The number of carbonyl (C=O) groups excluding carboxylic acids is 2. The molecule has 1 aromatic carbocycles. The lowest BCUT2D eigenvalue weighted by atomic mass is 9.81. The lowest BCUT2D eigenvalue weighted by molar-refractivity contribution is -0.139. The molecule has 0 fully saturated rings. The molecule has 0 radical (unpaired) electrons. The van der Waals surface area contributed by atoms with Crippen LogP contribution >= 0.6 is 0 Å². The van der Waals surface area contributed by atoms with Crippen molar-refractivity contribution in [3.63, 3.8) is 0 Å². The summed E-state index contributed by atoms with van der Waals surface area (Å²) in [4.78, 5) is 22.0. The van der Waals surface area contributed by atoms with Crippen LogP contribution in [0.1, 0.15) is 32.8 Å². The highest BCUT2D eigenvalue weighted by Crippen LogP contribution is 2.29. The molecule has 1 rings (SSSR count). The fraction of sp³-hybridized carbons (Fsp3) is 0.360. The van der Waals surface area contributed by atoms with E-state index in [1.165, 1.54) is 5.56 Å². The Hall–Kier alpha value is -3.28. The summed E-state index contributed by atoms with van der Waals surface area (Å²) in [6.45, 7) is 13.8. The van der Waals surface area contributed by atoms with Crippen molar-refractivity contribution in [3.8, 4) is 5.75 Å². The topological polar surface area (TPSA) is 71.1 Å². The van der Waals surface area contributed by atoms with Crippen molar-refractivity contribution in [1.29, 1.82) is 0 Å². The van der Waals surface area contributed by atoms with Gasteiger partial charge in [-0.05, 0) is 48.6 Å². The second-order valence-electron chi connectivity index (χ2n) is 7.15. The molecule has 0 unspecified atom stereocenters. The molecule has 0 saturated heterocycles. The van der Waals surface area contributed by atoms with Crippen LogP contribution in [0.25, 0.3) is 0 Å². The van der Waals surface area contributed by atoms with Crippen LogP contribution in [0.15, 0.2) is 73.6 Å². The zero-order valence-electron chi connectivity index (χ0n) is 18.6. The van der Waals surface area contributed by atoms with Crippen LogP contribution in [0, 0.1) is 0 Å². The number of carbonyl (C=O) groups is 2. The molecule has 0 amide bonds. The quantitative estimate of drug-likeness (QED) is 0.141. The minimum absolute atomic E-state index is 0.0904. The van der Waals surface area contributed by atoms with E-state index in [2.05, 4.69) is 33.1 Å². The van der Waals surface area contributed by atoms with Gasteiger partial charge in [0.05, 0.1) is 0 Å². The molecular weight excluding hydrogens is 396 g/mol. The lowest BCUT2D eigenvalue weighted by Crippen LogP contribution is -2.16. The van der Waals surface area contributed by atoms with E-state index in [9.17, 15) is 9.59 Å². The molecule has 6 nitrogen and oxygen atoms in total. The zero-order valence-corrected chi connectivity index (χ0v) is 18.6. The second kappa shape index (κ2) is 13.9. The van der Waals surface area contributed by atoms with Gasteiger partial charge in [-0.3, -0.25) is 0 Å². The van der Waals surface area contributed by atoms with Gasteiger partial charge in [0.25, 0.3) is 0 Å². The van der Waals surface area contributed by atoms with Gasteiger partial charge in [0, 0.05) is 12.2 Å². The maximum Gasteiger partial charge on any atom is 0.330 e. The lowest BCUT2D eigenvalue weighted by Gasteiger charge is -2.24. The normalized spacial score (nSPS) is 11.6. The Bertz CT molecular complexity index is 787. The molecule has 1 aromatic rings. The fourth-order valence-corrected chi connectivity index (χ4v) is 2.54. The third-order valence-electron chi connectivity index (χ3n) is 4.36. The summed E-state index contributed by atoms with van der Waals surface area (Å²) >= 11 is 0. The van der Waals surface area contributed by atoms with E-state index in [4.69, 9.17) is 18.9 Å². The summed E-state index contributed by atoms with van der Waals surface area (Å²) in [6.07, 6.45) is 8.88. The summed E-state index contributed by atoms with van der Waals surface area (Å²) in [6, 6.07) is 7.86. The molecule has 6 heteroatoms. The highest BCUT2D eigenvalue weighted by molar-refractivity contribution is 5.81. The summed E-state index contributed by atoms with van der Waals surface area (Å²) < 4.78 is 20.9. The van der Waals surface area contributed by atoms with Crippen LogP contribution in [0.4, 0.5) is 0 Å². The average Bonchev–Trinajstić information content (AvgIpc) is 2.78. The Morgan fingerprint density at radius 1 is 0.903 bits per heavy atom. The number of allylic oxidation sites excluding steroid dienone is 3. The molecule has 0 aliphatic carbocycles. The second-order valence-corrected chi connectivity index (χ2v) is 7.15. The van der Waals surface area contributed by atoms with Crippen molar-refractivity contribution in [2.75, 3.05) is 26.4 Å². The van der Waals surface area contributed by atoms with Crippen molar-refractivity contribution in [1.82, 2.24) is 0 Å². The molecular formula is C25H32O6. The molecule has 0 N–H and O–H groups in total. The van der Waals surface area contributed by atoms with Gasteiger partial charge in [-0.15, -0.1) is 0 Å². The molecule has 0 aromatic heterocycles. The first-order valence-corrected chi connectivity index (χ1v) is 10.1. The SMILES string of the molecule is C=CC(=O)OCCOC(C=CCC(C)(C)c1ccc(OCCOC(=O)C=C)cc1)=CC. The summed E-state index contributed by atoms with van der Waals surface area (Å²) in [5.74, 6) is 0.504. The first-order valence-electron chi connectivity index (χ1n) is 10.1. The maximum atomic E-state index is 11.0. The number of rotatable bonds is 14. The van der Waals surface area contributed by atoms with Crippen molar-refractivity contribution < 1.29 is 28.5 Å². The van der Waals surface area contributed by atoms with Crippen LogP contribution in [0.5, 0.6) is 5.75 Å². The van der Waals surface area contributed by atoms with Crippen molar-refractivity contribution in [2.24, 2.45) is 0 Å². The largest absolute Gasteiger partial charge is 0.490 e. The predicted molar refractivity (Wildman–Crippen MR) is 121 cm³/mol. The highest BCUT2D eigenvalue weighted by Gasteiger charge is 2.19. The van der Waals surface area contributed by atoms with Gasteiger partial charge >= 0.3 is 11.9 Å². The number of esters is 2. The number of hydrogen-bond donors (Lipinski definition) is 0. The smallest absolute Gasteiger partial charge is 0.330 e. The third-order valence-corrected chi connectivity index (χ3v) is 4.36. The van der Waals surface area contributed by atoms with E-state index < -0.39 is 11.9 Å². The van der Waals surface area contributed by atoms with Gasteiger partial charge < -0.3 is 18.9 Å². The third kappa shape index (κ3) is 10.3. The first kappa shape index (κ1) is 25.8. The number of benzene rings is 1. The van der Waals surface area contributed by atoms with Gasteiger partial charge in [-0.2, -0.15) is 0 Å². The summed E-state index contributed by atoms with van der Waals surface area (Å²) in [7, 11) is 0. The van der Waals surface area contributed by atoms with E-state index in [1.807, 2.05) is 43.3 Å².